The molecule has 1 unspecified atom stereocenters. The Morgan fingerprint density at radius 1 is 1.19 bits per heavy atom. The van der Waals surface area contributed by atoms with Crippen LogP contribution in [0, 0.1) is 19.8 Å². The first-order valence-corrected chi connectivity index (χ1v) is 11.6. The van der Waals surface area contributed by atoms with Crippen LogP contribution in [0.25, 0.3) is 10.9 Å². The summed E-state index contributed by atoms with van der Waals surface area (Å²) in [5, 5.41) is 23.6. The van der Waals surface area contributed by atoms with Gasteiger partial charge in [0.05, 0.1) is 18.7 Å². The fourth-order valence-electron chi connectivity index (χ4n) is 4.99. The molecule has 0 spiro atoms. The standard InChI is InChI=1S/C24H34N6O2/c1-15(2)22(23-26-27-28-30(23)20-7-5-6-8-20)29(9-10-31)14-19-13-18-11-16(3)17(4)12-21(18)25-24(19)32/h11-13,15,20,22,31H,5-10,14H2,1-4H3,(H,25,32). The molecular weight excluding hydrogens is 404 g/mol. The zero-order valence-electron chi connectivity index (χ0n) is 19.5. The van der Waals surface area contributed by atoms with Crippen LogP contribution in [0.15, 0.2) is 23.0 Å². The van der Waals surface area contributed by atoms with E-state index in [4.69, 9.17) is 0 Å². The summed E-state index contributed by atoms with van der Waals surface area (Å²) < 4.78 is 1.98. The number of nitrogens with zero attached hydrogens (tertiary/aromatic N) is 5. The number of pyridine rings is 1. The number of hydrogen-bond acceptors (Lipinski definition) is 6. The highest BCUT2D eigenvalue weighted by Gasteiger charge is 2.32. The summed E-state index contributed by atoms with van der Waals surface area (Å²) in [6, 6.07) is 6.33. The molecule has 0 aliphatic heterocycles. The number of hydrogen-bond donors (Lipinski definition) is 2. The Morgan fingerprint density at radius 2 is 1.91 bits per heavy atom. The number of tetrazole rings is 1. The van der Waals surface area contributed by atoms with E-state index in [1.165, 1.54) is 18.4 Å². The molecule has 1 saturated carbocycles. The van der Waals surface area contributed by atoms with Gasteiger partial charge in [0, 0.05) is 24.2 Å². The summed E-state index contributed by atoms with van der Waals surface area (Å²) in [5.41, 5.74) is 3.78. The van der Waals surface area contributed by atoms with Gasteiger partial charge in [0.2, 0.25) is 0 Å². The topological polar surface area (TPSA) is 99.9 Å². The Hall–Kier alpha value is -2.58. The molecule has 0 saturated heterocycles. The minimum absolute atomic E-state index is 0.00198. The van der Waals surface area contributed by atoms with Crippen molar-refractivity contribution in [1.82, 2.24) is 30.1 Å². The van der Waals surface area contributed by atoms with Gasteiger partial charge in [0.15, 0.2) is 5.82 Å². The second kappa shape index (κ2) is 9.50. The van der Waals surface area contributed by atoms with Gasteiger partial charge >= 0.3 is 0 Å². The van der Waals surface area contributed by atoms with Crippen LogP contribution in [-0.2, 0) is 6.54 Å². The van der Waals surface area contributed by atoms with E-state index in [0.29, 0.717) is 24.7 Å². The van der Waals surface area contributed by atoms with Gasteiger partial charge < -0.3 is 10.1 Å². The number of nitrogens with one attached hydrogen (secondary N) is 1. The van der Waals surface area contributed by atoms with Gasteiger partial charge in [0.1, 0.15) is 0 Å². The number of aromatic amines is 1. The summed E-state index contributed by atoms with van der Waals surface area (Å²) in [4.78, 5) is 18.1. The number of aliphatic hydroxyl groups excluding tert-OH is 1. The van der Waals surface area contributed by atoms with Crippen molar-refractivity contribution in [3.8, 4) is 0 Å². The predicted molar refractivity (Wildman–Crippen MR) is 124 cm³/mol. The third-order valence-electron chi connectivity index (χ3n) is 6.77. The van der Waals surface area contributed by atoms with Crippen molar-refractivity contribution in [3.63, 3.8) is 0 Å². The van der Waals surface area contributed by atoms with Gasteiger partial charge in [-0.2, -0.15) is 0 Å². The van der Waals surface area contributed by atoms with Crippen molar-refractivity contribution in [3.05, 3.63) is 51.1 Å². The van der Waals surface area contributed by atoms with Crippen LogP contribution in [0.4, 0.5) is 0 Å². The lowest BCUT2D eigenvalue weighted by atomic mass is 9.99. The minimum Gasteiger partial charge on any atom is -0.395 e. The summed E-state index contributed by atoms with van der Waals surface area (Å²) >= 11 is 0. The molecule has 1 aromatic carbocycles. The molecule has 2 heterocycles. The van der Waals surface area contributed by atoms with E-state index < -0.39 is 0 Å². The molecule has 172 valence electrons. The average molecular weight is 439 g/mol. The van der Waals surface area contributed by atoms with Gasteiger partial charge in [-0.25, -0.2) is 4.68 Å². The monoisotopic (exact) mass is 438 g/mol. The minimum atomic E-state index is -0.104. The molecule has 0 amide bonds. The lowest BCUT2D eigenvalue weighted by Crippen LogP contribution is -2.37. The summed E-state index contributed by atoms with van der Waals surface area (Å²) in [6.07, 6.45) is 4.57. The average Bonchev–Trinajstić information content (AvgIpc) is 3.42. The van der Waals surface area contributed by atoms with E-state index in [1.54, 1.807) is 0 Å². The molecule has 32 heavy (non-hydrogen) atoms. The van der Waals surface area contributed by atoms with Gasteiger partial charge in [-0.3, -0.25) is 9.69 Å². The maximum Gasteiger partial charge on any atom is 0.252 e. The van der Waals surface area contributed by atoms with Crippen LogP contribution in [0.5, 0.6) is 0 Å². The largest absolute Gasteiger partial charge is 0.395 e. The van der Waals surface area contributed by atoms with E-state index in [2.05, 4.69) is 52.2 Å². The number of aromatic nitrogens is 5. The summed E-state index contributed by atoms with van der Waals surface area (Å²) in [6.45, 7) is 9.25. The Labute approximate surface area is 188 Å². The maximum absolute atomic E-state index is 12.9. The molecule has 1 aliphatic rings. The Balaban J connectivity index is 1.71. The molecule has 1 aliphatic carbocycles. The first kappa shape index (κ1) is 22.6. The molecule has 1 fully saturated rings. The zero-order chi connectivity index (χ0) is 22.8. The molecule has 8 nitrogen and oxygen atoms in total. The summed E-state index contributed by atoms with van der Waals surface area (Å²) in [5.74, 6) is 1.03. The first-order valence-electron chi connectivity index (χ1n) is 11.6. The fourth-order valence-corrected chi connectivity index (χ4v) is 4.99. The SMILES string of the molecule is Cc1cc2cc(CN(CCO)C(c3nnnn3C3CCCC3)C(C)C)c(=O)[nH]c2cc1C. The van der Waals surface area contributed by atoms with Crippen LogP contribution in [0.1, 0.15) is 74.1 Å². The van der Waals surface area contributed by atoms with Crippen LogP contribution in [-0.4, -0.2) is 48.3 Å². The second-order valence-corrected chi connectivity index (χ2v) is 9.45. The lowest BCUT2D eigenvalue weighted by molar-refractivity contribution is 0.104. The van der Waals surface area contributed by atoms with Crippen LogP contribution < -0.4 is 5.56 Å². The van der Waals surface area contributed by atoms with Crippen LogP contribution in [0.2, 0.25) is 0 Å². The van der Waals surface area contributed by atoms with Crippen molar-refractivity contribution < 1.29 is 5.11 Å². The Morgan fingerprint density at radius 3 is 2.59 bits per heavy atom. The van der Waals surface area contributed by atoms with Crippen molar-refractivity contribution in [1.29, 1.82) is 0 Å². The van der Waals surface area contributed by atoms with E-state index in [-0.39, 0.29) is 24.1 Å². The molecule has 3 aromatic rings. The van der Waals surface area contributed by atoms with Crippen molar-refractivity contribution in [2.45, 2.75) is 72.0 Å². The smallest absolute Gasteiger partial charge is 0.252 e. The zero-order valence-corrected chi connectivity index (χ0v) is 19.5. The molecule has 4 rings (SSSR count). The number of aryl methyl sites for hydroxylation is 2. The molecule has 2 N–H and O–H groups in total. The van der Waals surface area contributed by atoms with E-state index in [9.17, 15) is 9.90 Å². The van der Waals surface area contributed by atoms with Gasteiger partial charge in [-0.05, 0) is 77.7 Å². The van der Waals surface area contributed by atoms with E-state index in [0.717, 1.165) is 35.1 Å². The number of fused-ring (bicyclic) bond motifs is 1. The quantitative estimate of drug-likeness (QED) is 0.559. The van der Waals surface area contributed by atoms with E-state index in [1.807, 2.05) is 23.7 Å². The molecule has 1 atom stereocenters. The van der Waals surface area contributed by atoms with Crippen LogP contribution in [0.3, 0.4) is 0 Å². The van der Waals surface area contributed by atoms with Crippen LogP contribution >= 0.6 is 0 Å². The highest BCUT2D eigenvalue weighted by Crippen LogP contribution is 2.34. The Kier molecular flexibility index (Phi) is 6.71. The van der Waals surface area contributed by atoms with Gasteiger partial charge in [-0.15, -0.1) is 5.10 Å². The maximum atomic E-state index is 12.9. The highest BCUT2D eigenvalue weighted by atomic mass is 16.3. The molecular formula is C24H34N6O2. The summed E-state index contributed by atoms with van der Waals surface area (Å²) in [7, 11) is 0. The van der Waals surface area contributed by atoms with E-state index >= 15 is 0 Å². The van der Waals surface area contributed by atoms with Crippen molar-refractivity contribution >= 4 is 10.9 Å². The number of aliphatic hydroxyl groups is 1. The fraction of sp³-hybridized carbons (Fsp3) is 0.583. The van der Waals surface area contributed by atoms with Gasteiger partial charge in [-0.1, -0.05) is 26.7 Å². The Bertz CT molecular complexity index is 1130. The molecule has 0 bridgehead atoms. The number of H-pyrrole nitrogens is 1. The lowest BCUT2D eigenvalue weighted by Gasteiger charge is -2.33. The third kappa shape index (κ3) is 4.47. The molecule has 8 heteroatoms. The molecule has 2 aromatic heterocycles. The number of benzene rings is 1. The molecule has 0 radical (unpaired) electrons. The highest BCUT2D eigenvalue weighted by molar-refractivity contribution is 5.80. The third-order valence-corrected chi connectivity index (χ3v) is 6.77. The second-order valence-electron chi connectivity index (χ2n) is 9.45. The normalized spacial score (nSPS) is 16.0. The van der Waals surface area contributed by atoms with Crippen molar-refractivity contribution in [2.24, 2.45) is 5.92 Å². The van der Waals surface area contributed by atoms with Gasteiger partial charge in [0.25, 0.3) is 5.56 Å². The first-order chi connectivity index (χ1) is 15.4. The van der Waals surface area contributed by atoms with Crippen molar-refractivity contribution in [2.75, 3.05) is 13.2 Å². The number of rotatable bonds is 8. The predicted octanol–water partition coefficient (Wildman–Crippen LogP) is 3.44.